The molecule has 0 saturated carbocycles. The molecule has 2 fully saturated rings. The molecular weight excluding hydrogens is 512 g/mol. The van der Waals surface area contributed by atoms with E-state index in [4.69, 9.17) is 9.47 Å². The average Bonchev–Trinajstić information content (AvgIpc) is 3.62. The maximum atomic E-state index is 13.3. The van der Waals surface area contributed by atoms with Gasteiger partial charge in [-0.1, -0.05) is 12.1 Å². The second-order valence-electron chi connectivity index (χ2n) is 10.9. The molecule has 2 saturated heterocycles. The van der Waals surface area contributed by atoms with Crippen molar-refractivity contribution >= 4 is 40.4 Å². The highest BCUT2D eigenvalue weighted by atomic mass is 32.1. The van der Waals surface area contributed by atoms with E-state index >= 15 is 0 Å². The Labute approximate surface area is 233 Å². The number of benzene rings is 2. The molecule has 0 bridgehead atoms. The lowest BCUT2D eigenvalue weighted by Crippen LogP contribution is -2.44. The molecule has 3 aromatic rings. The molecule has 0 radical (unpaired) electrons. The third-order valence-electron chi connectivity index (χ3n) is 6.93. The zero-order valence-electron chi connectivity index (χ0n) is 22.7. The summed E-state index contributed by atoms with van der Waals surface area (Å²) in [6, 6.07) is 17.9. The van der Waals surface area contributed by atoms with Gasteiger partial charge in [0.15, 0.2) is 0 Å². The minimum atomic E-state index is -0.635. The maximum Gasteiger partial charge on any atom is 0.412 e. The van der Waals surface area contributed by atoms with Crippen LogP contribution in [0.5, 0.6) is 0 Å². The molecule has 206 valence electrons. The number of carbonyl (C=O) groups is 2. The number of ether oxygens (including phenoxy) is 2. The summed E-state index contributed by atoms with van der Waals surface area (Å²) in [6.45, 7) is 11.0. The van der Waals surface area contributed by atoms with Crippen molar-refractivity contribution in [2.24, 2.45) is 0 Å². The number of amides is 2. The number of anilines is 3. The summed E-state index contributed by atoms with van der Waals surface area (Å²) in [5.74, 6) is -0.246. The highest BCUT2D eigenvalue weighted by Crippen LogP contribution is 2.32. The van der Waals surface area contributed by atoms with E-state index in [0.29, 0.717) is 23.0 Å². The molecule has 3 heterocycles. The van der Waals surface area contributed by atoms with Gasteiger partial charge in [0.1, 0.15) is 5.60 Å². The molecule has 1 atom stereocenters. The largest absolute Gasteiger partial charge is 0.444 e. The van der Waals surface area contributed by atoms with Crippen LogP contribution in [0.4, 0.5) is 21.9 Å². The highest BCUT2D eigenvalue weighted by molar-refractivity contribution is 7.13. The Morgan fingerprint density at radius 2 is 1.74 bits per heavy atom. The number of hydrogen-bond donors (Lipinski definition) is 2. The van der Waals surface area contributed by atoms with Crippen LogP contribution in [-0.2, 0) is 9.47 Å². The quantitative estimate of drug-likeness (QED) is 0.398. The Morgan fingerprint density at radius 1 is 0.974 bits per heavy atom. The zero-order chi connectivity index (χ0) is 27.4. The molecule has 2 aromatic carbocycles. The van der Waals surface area contributed by atoms with Crippen molar-refractivity contribution in [1.82, 2.24) is 4.90 Å². The van der Waals surface area contributed by atoms with Crippen molar-refractivity contribution < 1.29 is 19.1 Å². The number of nitrogens with one attached hydrogen (secondary N) is 2. The van der Waals surface area contributed by atoms with Crippen molar-refractivity contribution in [3.05, 3.63) is 65.5 Å². The molecule has 9 heteroatoms. The second-order valence-corrected chi connectivity index (χ2v) is 11.9. The van der Waals surface area contributed by atoms with E-state index in [1.54, 1.807) is 17.4 Å². The summed E-state index contributed by atoms with van der Waals surface area (Å²) in [7, 11) is 0. The van der Waals surface area contributed by atoms with E-state index in [2.05, 4.69) is 20.4 Å². The molecule has 2 amide bonds. The predicted molar refractivity (Wildman–Crippen MR) is 157 cm³/mol. The minimum absolute atomic E-state index is 0.246. The smallest absolute Gasteiger partial charge is 0.412 e. The van der Waals surface area contributed by atoms with Gasteiger partial charge in [-0.05, 0) is 80.6 Å². The number of rotatable bonds is 6. The average molecular weight is 549 g/mol. The molecule has 2 aliphatic rings. The van der Waals surface area contributed by atoms with Crippen LogP contribution in [0, 0.1) is 0 Å². The minimum Gasteiger partial charge on any atom is -0.444 e. The first kappa shape index (κ1) is 27.2. The fourth-order valence-corrected chi connectivity index (χ4v) is 5.73. The Balaban J connectivity index is 1.29. The fraction of sp³-hybridized carbons (Fsp3) is 0.400. The lowest BCUT2D eigenvalue weighted by molar-refractivity contribution is 0.0209. The van der Waals surface area contributed by atoms with Crippen LogP contribution in [-0.4, -0.2) is 67.9 Å². The van der Waals surface area contributed by atoms with Gasteiger partial charge in [0.2, 0.25) is 0 Å². The summed E-state index contributed by atoms with van der Waals surface area (Å²) in [6.07, 6.45) is 0.559. The van der Waals surface area contributed by atoms with Gasteiger partial charge in [0, 0.05) is 48.3 Å². The predicted octanol–water partition coefficient (Wildman–Crippen LogP) is 5.93. The molecule has 1 unspecified atom stereocenters. The van der Waals surface area contributed by atoms with E-state index in [1.165, 1.54) is 0 Å². The van der Waals surface area contributed by atoms with Crippen molar-refractivity contribution in [3.63, 3.8) is 0 Å². The molecular formula is C30H36N4O4S. The Bertz CT molecular complexity index is 1280. The highest BCUT2D eigenvalue weighted by Gasteiger charge is 2.29. The monoisotopic (exact) mass is 548 g/mol. The van der Waals surface area contributed by atoms with Crippen LogP contribution < -0.4 is 15.5 Å². The van der Waals surface area contributed by atoms with Gasteiger partial charge < -0.3 is 19.7 Å². The van der Waals surface area contributed by atoms with Crippen LogP contribution in [0.15, 0.2) is 60.0 Å². The summed E-state index contributed by atoms with van der Waals surface area (Å²) >= 11 is 1.61. The van der Waals surface area contributed by atoms with Gasteiger partial charge in [-0.25, -0.2) is 4.79 Å². The van der Waals surface area contributed by atoms with Crippen molar-refractivity contribution in [3.8, 4) is 10.4 Å². The Kier molecular flexibility index (Phi) is 8.20. The first-order chi connectivity index (χ1) is 18.7. The summed E-state index contributed by atoms with van der Waals surface area (Å²) in [4.78, 5) is 31.7. The third kappa shape index (κ3) is 6.98. The normalized spacial score (nSPS) is 18.1. The number of hydrogen-bond acceptors (Lipinski definition) is 7. The van der Waals surface area contributed by atoms with Gasteiger partial charge in [-0.3, -0.25) is 15.0 Å². The lowest BCUT2D eigenvalue weighted by atomic mass is 10.1. The molecule has 2 N–H and O–H groups in total. The molecule has 2 aliphatic heterocycles. The standard InChI is InChI=1S/C30H36N4O4S/c1-30(2,3)38-29(36)32-25-11-8-22(27-5-4-18-39-27)19-26(25)31-28(35)21-6-9-23(10-7-21)34-13-12-24(20-34)33-14-16-37-17-15-33/h4-11,18-19,24H,12-17,20H2,1-3H3,(H,31,35)(H,32,36). The van der Waals surface area contributed by atoms with Crippen LogP contribution in [0.25, 0.3) is 10.4 Å². The number of nitrogens with zero attached hydrogens (tertiary/aromatic N) is 2. The molecule has 0 spiro atoms. The first-order valence-electron chi connectivity index (χ1n) is 13.4. The van der Waals surface area contributed by atoms with Crippen molar-refractivity contribution in [1.29, 1.82) is 0 Å². The number of carbonyl (C=O) groups excluding carboxylic acids is 2. The van der Waals surface area contributed by atoms with Crippen LogP contribution in [0.2, 0.25) is 0 Å². The zero-order valence-corrected chi connectivity index (χ0v) is 23.6. The van der Waals surface area contributed by atoms with E-state index in [1.807, 2.05) is 74.7 Å². The molecule has 1 aromatic heterocycles. The van der Waals surface area contributed by atoms with E-state index < -0.39 is 11.7 Å². The molecule has 39 heavy (non-hydrogen) atoms. The van der Waals surface area contributed by atoms with E-state index in [0.717, 1.165) is 61.9 Å². The van der Waals surface area contributed by atoms with E-state index in [9.17, 15) is 9.59 Å². The number of morpholine rings is 1. The van der Waals surface area contributed by atoms with Gasteiger partial charge in [-0.15, -0.1) is 11.3 Å². The van der Waals surface area contributed by atoms with Crippen LogP contribution >= 0.6 is 11.3 Å². The molecule has 0 aliphatic carbocycles. The maximum absolute atomic E-state index is 13.3. The first-order valence-corrected chi connectivity index (χ1v) is 14.3. The fourth-order valence-electron chi connectivity index (χ4n) is 5.00. The SMILES string of the molecule is CC(C)(C)OC(=O)Nc1ccc(-c2cccs2)cc1NC(=O)c1ccc(N2CCC(N3CCOCC3)C2)cc1. The van der Waals surface area contributed by atoms with E-state index in [-0.39, 0.29) is 5.91 Å². The van der Waals surface area contributed by atoms with Crippen molar-refractivity contribution in [2.45, 2.75) is 38.8 Å². The lowest BCUT2D eigenvalue weighted by Gasteiger charge is -2.32. The van der Waals surface area contributed by atoms with Crippen LogP contribution in [0.3, 0.4) is 0 Å². The summed E-state index contributed by atoms with van der Waals surface area (Å²) < 4.78 is 10.9. The third-order valence-corrected chi connectivity index (χ3v) is 7.85. The number of thiophene rings is 1. The van der Waals surface area contributed by atoms with Gasteiger partial charge >= 0.3 is 6.09 Å². The van der Waals surface area contributed by atoms with Gasteiger partial charge in [0.25, 0.3) is 5.91 Å². The van der Waals surface area contributed by atoms with Gasteiger partial charge in [-0.2, -0.15) is 0 Å². The topological polar surface area (TPSA) is 83.1 Å². The Morgan fingerprint density at radius 3 is 2.44 bits per heavy atom. The summed E-state index contributed by atoms with van der Waals surface area (Å²) in [5, 5.41) is 7.79. The molecule has 8 nitrogen and oxygen atoms in total. The second kappa shape index (κ2) is 11.8. The van der Waals surface area contributed by atoms with Gasteiger partial charge in [0.05, 0.1) is 24.6 Å². The Hall–Kier alpha value is -3.40. The van der Waals surface area contributed by atoms with Crippen LogP contribution in [0.1, 0.15) is 37.6 Å². The molecule has 5 rings (SSSR count). The summed E-state index contributed by atoms with van der Waals surface area (Å²) in [5.41, 5.74) is 2.97. The van der Waals surface area contributed by atoms with Crippen molar-refractivity contribution in [2.75, 3.05) is 54.9 Å².